The number of rotatable bonds is 6. The molecule has 0 unspecified atom stereocenters. The lowest BCUT2D eigenvalue weighted by Gasteiger charge is -2.05. The van der Waals surface area contributed by atoms with Gasteiger partial charge in [-0.3, -0.25) is 14.8 Å². The second kappa shape index (κ2) is 7.53. The smallest absolute Gasteiger partial charge is 0.251 e. The Hall–Kier alpha value is -1.88. The third-order valence-corrected chi connectivity index (χ3v) is 3.57. The zero-order valence-electron chi connectivity index (χ0n) is 10.5. The zero-order chi connectivity index (χ0) is 13.3. The Balaban J connectivity index is 1.63. The summed E-state index contributed by atoms with van der Waals surface area (Å²) in [4.78, 5) is 20.8. The van der Waals surface area contributed by atoms with Crippen molar-refractivity contribution in [2.24, 2.45) is 0 Å². The van der Waals surface area contributed by atoms with Crippen molar-refractivity contribution in [3.05, 3.63) is 54.6 Å². The van der Waals surface area contributed by atoms with E-state index in [1.54, 1.807) is 48.7 Å². The van der Waals surface area contributed by atoms with Gasteiger partial charge in [0.2, 0.25) is 0 Å². The van der Waals surface area contributed by atoms with Crippen LogP contribution in [-0.4, -0.2) is 28.2 Å². The molecule has 2 aromatic rings. The summed E-state index contributed by atoms with van der Waals surface area (Å²) in [5, 5.41) is 2.89. The highest BCUT2D eigenvalue weighted by molar-refractivity contribution is 7.99. The molecule has 2 aromatic heterocycles. The maximum Gasteiger partial charge on any atom is 0.251 e. The van der Waals surface area contributed by atoms with Crippen LogP contribution in [0.15, 0.2) is 53.9 Å². The van der Waals surface area contributed by atoms with Crippen LogP contribution in [0, 0.1) is 0 Å². The van der Waals surface area contributed by atoms with E-state index in [4.69, 9.17) is 0 Å². The molecular formula is C14H15N3OS. The minimum atomic E-state index is -0.0451. The predicted molar refractivity (Wildman–Crippen MR) is 76.1 cm³/mol. The van der Waals surface area contributed by atoms with Crippen molar-refractivity contribution in [1.82, 2.24) is 15.3 Å². The number of carbonyl (C=O) groups excluding carboxylic acids is 1. The van der Waals surface area contributed by atoms with E-state index in [2.05, 4.69) is 15.3 Å². The maximum absolute atomic E-state index is 11.7. The number of pyridine rings is 2. The molecular weight excluding hydrogens is 258 g/mol. The van der Waals surface area contributed by atoms with Crippen molar-refractivity contribution in [3.8, 4) is 0 Å². The Morgan fingerprint density at radius 3 is 2.37 bits per heavy atom. The molecule has 0 radical (unpaired) electrons. The van der Waals surface area contributed by atoms with Gasteiger partial charge in [-0.15, -0.1) is 11.8 Å². The minimum Gasteiger partial charge on any atom is -0.352 e. The molecule has 0 atom stereocenters. The fraction of sp³-hybridized carbons (Fsp3) is 0.214. The van der Waals surface area contributed by atoms with Crippen molar-refractivity contribution in [2.75, 3.05) is 12.3 Å². The summed E-state index contributed by atoms with van der Waals surface area (Å²) in [6.07, 6.45) is 7.74. The third kappa shape index (κ3) is 4.71. The van der Waals surface area contributed by atoms with E-state index in [9.17, 15) is 4.79 Å². The first kappa shape index (κ1) is 13.5. The molecule has 0 aliphatic heterocycles. The molecule has 0 fully saturated rings. The Bertz CT molecular complexity index is 505. The Morgan fingerprint density at radius 1 is 1.05 bits per heavy atom. The number of aromatic nitrogens is 2. The van der Waals surface area contributed by atoms with Crippen LogP contribution in [0.2, 0.25) is 0 Å². The Morgan fingerprint density at radius 2 is 1.68 bits per heavy atom. The van der Waals surface area contributed by atoms with Gasteiger partial charge < -0.3 is 5.32 Å². The van der Waals surface area contributed by atoms with E-state index in [0.29, 0.717) is 12.1 Å². The molecule has 0 aliphatic carbocycles. The quantitative estimate of drug-likeness (QED) is 0.648. The van der Waals surface area contributed by atoms with Crippen LogP contribution in [0.5, 0.6) is 0 Å². The van der Waals surface area contributed by atoms with Gasteiger partial charge in [0.05, 0.1) is 0 Å². The summed E-state index contributed by atoms with van der Waals surface area (Å²) < 4.78 is 0. The van der Waals surface area contributed by atoms with Gasteiger partial charge in [0, 0.05) is 41.8 Å². The van der Waals surface area contributed by atoms with Crippen LogP contribution in [-0.2, 0) is 0 Å². The number of hydrogen-bond acceptors (Lipinski definition) is 4. The zero-order valence-corrected chi connectivity index (χ0v) is 11.3. The van der Waals surface area contributed by atoms with Crippen LogP contribution in [0.25, 0.3) is 0 Å². The largest absolute Gasteiger partial charge is 0.352 e. The molecule has 4 nitrogen and oxygen atoms in total. The Labute approximate surface area is 116 Å². The number of amides is 1. The maximum atomic E-state index is 11.7. The van der Waals surface area contributed by atoms with Gasteiger partial charge in [0.1, 0.15) is 0 Å². The molecule has 0 aromatic carbocycles. The highest BCUT2D eigenvalue weighted by atomic mass is 32.2. The fourth-order valence-corrected chi connectivity index (χ4v) is 2.34. The second-order valence-electron chi connectivity index (χ2n) is 3.88. The summed E-state index contributed by atoms with van der Waals surface area (Å²) in [6, 6.07) is 7.39. The topological polar surface area (TPSA) is 54.9 Å². The standard InChI is InChI=1S/C14H15N3OS/c18-14(12-2-7-15-8-3-12)17-6-1-11-19-13-4-9-16-10-5-13/h2-5,7-10H,1,6,11H2,(H,17,18). The first-order chi connectivity index (χ1) is 9.36. The van der Waals surface area contributed by atoms with Gasteiger partial charge in [0.15, 0.2) is 0 Å². The number of hydrogen-bond donors (Lipinski definition) is 1. The summed E-state index contributed by atoms with van der Waals surface area (Å²) in [5.41, 5.74) is 0.650. The van der Waals surface area contributed by atoms with Crippen LogP contribution < -0.4 is 5.32 Å². The van der Waals surface area contributed by atoms with Gasteiger partial charge in [0.25, 0.3) is 5.91 Å². The molecule has 0 saturated carbocycles. The molecule has 1 amide bonds. The van der Waals surface area contributed by atoms with Gasteiger partial charge in [-0.25, -0.2) is 0 Å². The fourth-order valence-electron chi connectivity index (χ4n) is 1.50. The van der Waals surface area contributed by atoms with E-state index in [1.807, 2.05) is 12.1 Å². The molecule has 0 saturated heterocycles. The van der Waals surface area contributed by atoms with Gasteiger partial charge in [-0.1, -0.05) is 0 Å². The minimum absolute atomic E-state index is 0.0451. The highest BCUT2D eigenvalue weighted by Gasteiger charge is 2.03. The van der Waals surface area contributed by atoms with Crippen molar-refractivity contribution in [1.29, 1.82) is 0 Å². The number of carbonyl (C=O) groups is 1. The van der Waals surface area contributed by atoms with Gasteiger partial charge in [-0.2, -0.15) is 0 Å². The normalized spacial score (nSPS) is 10.1. The van der Waals surface area contributed by atoms with E-state index < -0.39 is 0 Å². The van der Waals surface area contributed by atoms with E-state index in [-0.39, 0.29) is 5.91 Å². The lowest BCUT2D eigenvalue weighted by molar-refractivity contribution is 0.0953. The molecule has 1 N–H and O–H groups in total. The first-order valence-electron chi connectivity index (χ1n) is 6.07. The average Bonchev–Trinajstić information content (AvgIpc) is 2.49. The number of nitrogens with one attached hydrogen (secondary N) is 1. The molecule has 2 heterocycles. The van der Waals surface area contributed by atoms with Crippen LogP contribution in [0.3, 0.4) is 0 Å². The van der Waals surface area contributed by atoms with Crippen LogP contribution >= 0.6 is 11.8 Å². The molecule has 0 bridgehead atoms. The first-order valence-corrected chi connectivity index (χ1v) is 7.06. The van der Waals surface area contributed by atoms with Gasteiger partial charge >= 0.3 is 0 Å². The van der Waals surface area contributed by atoms with E-state index >= 15 is 0 Å². The van der Waals surface area contributed by atoms with E-state index in [1.165, 1.54) is 4.90 Å². The molecule has 2 rings (SSSR count). The Kier molecular flexibility index (Phi) is 5.37. The van der Waals surface area contributed by atoms with Gasteiger partial charge in [-0.05, 0) is 36.4 Å². The molecule has 19 heavy (non-hydrogen) atoms. The molecule has 5 heteroatoms. The monoisotopic (exact) mass is 273 g/mol. The van der Waals surface area contributed by atoms with Crippen molar-refractivity contribution < 1.29 is 4.79 Å². The predicted octanol–water partition coefficient (Wildman–Crippen LogP) is 2.39. The number of thioether (sulfide) groups is 1. The van der Waals surface area contributed by atoms with Crippen molar-refractivity contribution in [2.45, 2.75) is 11.3 Å². The van der Waals surface area contributed by atoms with Crippen molar-refractivity contribution in [3.63, 3.8) is 0 Å². The van der Waals surface area contributed by atoms with E-state index in [0.717, 1.165) is 12.2 Å². The lowest BCUT2D eigenvalue weighted by atomic mass is 10.2. The number of nitrogens with zero attached hydrogens (tertiary/aromatic N) is 2. The second-order valence-corrected chi connectivity index (χ2v) is 5.05. The lowest BCUT2D eigenvalue weighted by Crippen LogP contribution is -2.24. The summed E-state index contributed by atoms with van der Waals surface area (Å²) >= 11 is 1.77. The van der Waals surface area contributed by atoms with Crippen LogP contribution in [0.1, 0.15) is 16.8 Å². The van der Waals surface area contributed by atoms with Crippen molar-refractivity contribution >= 4 is 17.7 Å². The SMILES string of the molecule is O=C(NCCCSc1ccncc1)c1ccncc1. The average molecular weight is 273 g/mol. The summed E-state index contributed by atoms with van der Waals surface area (Å²) in [7, 11) is 0. The highest BCUT2D eigenvalue weighted by Crippen LogP contribution is 2.16. The van der Waals surface area contributed by atoms with Crippen LogP contribution in [0.4, 0.5) is 0 Å². The summed E-state index contributed by atoms with van der Waals surface area (Å²) in [6.45, 7) is 0.680. The summed E-state index contributed by atoms with van der Waals surface area (Å²) in [5.74, 6) is 0.928. The molecule has 0 aliphatic rings. The molecule has 98 valence electrons. The molecule has 0 spiro atoms. The third-order valence-electron chi connectivity index (χ3n) is 2.47.